The normalized spacial score (nSPS) is 20.3. The van der Waals surface area contributed by atoms with Gasteiger partial charge in [-0.2, -0.15) is 18.3 Å². The van der Waals surface area contributed by atoms with Crippen molar-refractivity contribution < 1.29 is 27.8 Å². The lowest BCUT2D eigenvalue weighted by molar-refractivity contribution is -0.138. The Morgan fingerprint density at radius 1 is 1.07 bits per heavy atom. The molecule has 224 valence electrons. The van der Waals surface area contributed by atoms with E-state index in [-0.39, 0.29) is 41.6 Å². The summed E-state index contributed by atoms with van der Waals surface area (Å²) in [5.41, 5.74) is 2.26. The van der Waals surface area contributed by atoms with Crippen LogP contribution < -0.4 is 4.90 Å². The number of aliphatic hydroxyl groups is 1. The number of ether oxygens (including phenoxy) is 1. The van der Waals surface area contributed by atoms with E-state index >= 15 is 0 Å². The second-order valence-corrected chi connectivity index (χ2v) is 11.6. The number of aromatic nitrogens is 6. The number of carbonyl (C=O) groups excluding carboxylic acids is 1. The Morgan fingerprint density at radius 3 is 2.56 bits per heavy atom. The second kappa shape index (κ2) is 10.3. The third kappa shape index (κ3) is 4.99. The largest absolute Gasteiger partial charge is 0.416 e. The monoisotopic (exact) mass is 593 g/mol. The van der Waals surface area contributed by atoms with Gasteiger partial charge in [0.1, 0.15) is 12.1 Å². The molecule has 2 fully saturated rings. The molecule has 1 N–H and O–H groups in total. The van der Waals surface area contributed by atoms with Gasteiger partial charge >= 0.3 is 6.18 Å². The molecule has 43 heavy (non-hydrogen) atoms. The van der Waals surface area contributed by atoms with Gasteiger partial charge in [-0.05, 0) is 67.5 Å². The summed E-state index contributed by atoms with van der Waals surface area (Å²) >= 11 is 0. The number of rotatable bonds is 7. The molecule has 3 aromatic heterocycles. The molecule has 7 rings (SSSR count). The molecule has 2 saturated carbocycles. The average Bonchev–Trinajstić information content (AvgIpc) is 3.22. The summed E-state index contributed by atoms with van der Waals surface area (Å²) in [4.78, 5) is 19.9. The third-order valence-corrected chi connectivity index (χ3v) is 8.56. The summed E-state index contributed by atoms with van der Waals surface area (Å²) in [7, 11) is 3.63. The predicted octanol–water partition coefficient (Wildman–Crippen LogP) is 4.76. The number of halogens is 3. The van der Waals surface area contributed by atoms with Crippen LogP contribution in [0, 0.1) is 0 Å². The predicted molar refractivity (Wildman–Crippen MR) is 149 cm³/mol. The van der Waals surface area contributed by atoms with Gasteiger partial charge in [0.05, 0.1) is 48.4 Å². The molecule has 0 spiro atoms. The topological polar surface area (TPSA) is 111 Å². The summed E-state index contributed by atoms with van der Waals surface area (Å²) in [5.74, 6) is 0.554. The summed E-state index contributed by atoms with van der Waals surface area (Å²) in [5, 5.41) is 22.7. The number of carbonyl (C=O) groups is 1. The van der Waals surface area contributed by atoms with Gasteiger partial charge in [-0.1, -0.05) is 0 Å². The van der Waals surface area contributed by atoms with Gasteiger partial charge in [0.25, 0.3) is 5.91 Å². The number of hydrogen-bond donors (Lipinski definition) is 1. The van der Waals surface area contributed by atoms with E-state index in [1.54, 1.807) is 34.9 Å². The van der Waals surface area contributed by atoms with Gasteiger partial charge in [-0.25, -0.2) is 4.98 Å². The van der Waals surface area contributed by atoms with Crippen LogP contribution in [-0.4, -0.2) is 52.8 Å². The molecule has 0 bridgehead atoms. The Bertz CT molecular complexity index is 1730. The minimum absolute atomic E-state index is 0.0131. The average molecular weight is 594 g/mol. The van der Waals surface area contributed by atoms with Crippen LogP contribution >= 0.6 is 0 Å². The maximum atomic E-state index is 14.3. The molecule has 3 aliphatic rings. The summed E-state index contributed by atoms with van der Waals surface area (Å²) in [6.07, 6.45) is 1.48. The van der Waals surface area contributed by atoms with E-state index in [4.69, 9.17) is 9.72 Å². The highest BCUT2D eigenvalue weighted by Crippen LogP contribution is 2.44. The number of hydrogen-bond acceptors (Lipinski definition) is 7. The first-order valence-electron chi connectivity index (χ1n) is 14.3. The zero-order valence-corrected chi connectivity index (χ0v) is 23.7. The van der Waals surface area contributed by atoms with E-state index in [1.165, 1.54) is 11.0 Å². The number of aryl methyl sites for hydroxylation is 2. The molecule has 1 aliphatic heterocycles. The number of benzene rings is 1. The number of pyridine rings is 1. The number of nitrogens with zero attached hydrogens (tertiary/aromatic N) is 7. The fourth-order valence-electron chi connectivity index (χ4n) is 6.16. The highest BCUT2D eigenvalue weighted by molar-refractivity contribution is 6.10. The van der Waals surface area contributed by atoms with Crippen molar-refractivity contribution in [1.82, 2.24) is 29.5 Å². The van der Waals surface area contributed by atoms with Gasteiger partial charge in [-0.15, -0.1) is 10.2 Å². The highest BCUT2D eigenvalue weighted by atomic mass is 19.4. The Balaban J connectivity index is 1.27. The number of anilines is 1. The maximum absolute atomic E-state index is 14.3. The molecule has 4 aromatic rings. The van der Waals surface area contributed by atoms with Crippen molar-refractivity contribution in [3.05, 3.63) is 64.7 Å². The molecule has 10 nitrogen and oxygen atoms in total. The van der Waals surface area contributed by atoms with E-state index in [0.29, 0.717) is 18.7 Å². The molecule has 0 unspecified atom stereocenters. The van der Waals surface area contributed by atoms with E-state index in [1.807, 2.05) is 13.1 Å². The van der Waals surface area contributed by atoms with Crippen molar-refractivity contribution in [1.29, 1.82) is 0 Å². The zero-order chi connectivity index (χ0) is 30.0. The highest BCUT2D eigenvalue weighted by Gasteiger charge is 2.41. The van der Waals surface area contributed by atoms with Gasteiger partial charge in [0.2, 0.25) is 0 Å². The van der Waals surface area contributed by atoms with Gasteiger partial charge in [-0.3, -0.25) is 14.4 Å². The van der Waals surface area contributed by atoms with Crippen LogP contribution in [0.1, 0.15) is 70.8 Å². The van der Waals surface area contributed by atoms with Crippen LogP contribution in [0.2, 0.25) is 0 Å². The first-order chi connectivity index (χ1) is 20.6. The second-order valence-electron chi connectivity index (χ2n) is 11.6. The molecule has 2 aliphatic carbocycles. The Kier molecular flexibility index (Phi) is 6.62. The Labute approximate surface area is 245 Å². The summed E-state index contributed by atoms with van der Waals surface area (Å²) in [6, 6.07) is 6.22. The number of alkyl halides is 3. The number of aliphatic hydroxyl groups excluding tert-OH is 1. The molecule has 0 radical (unpaired) electrons. The first kappa shape index (κ1) is 27.7. The molecule has 4 heterocycles. The van der Waals surface area contributed by atoms with Crippen molar-refractivity contribution in [3.63, 3.8) is 0 Å². The first-order valence-corrected chi connectivity index (χ1v) is 14.3. The fraction of sp³-hybridized carbons (Fsp3) is 0.433. The van der Waals surface area contributed by atoms with Crippen molar-refractivity contribution in [2.75, 3.05) is 4.90 Å². The molecule has 2 atom stereocenters. The molecular weight excluding hydrogens is 563 g/mol. The van der Waals surface area contributed by atoms with E-state index in [2.05, 4.69) is 15.3 Å². The smallest absolute Gasteiger partial charge is 0.390 e. The van der Waals surface area contributed by atoms with Crippen LogP contribution in [0.15, 0.2) is 36.8 Å². The number of fused-ring (bicyclic) bond motifs is 1. The fourth-order valence-corrected chi connectivity index (χ4v) is 6.16. The SMILES string of the molecule is Cn1cnnc1-c1cnn(C)c1-c1cc(C2CC2)nc(N2Cc3c(cc(CO[C@H]4CCC[C@H]4O)cc3C(F)(F)F)C2=O)c1. The lowest BCUT2D eigenvalue weighted by atomic mass is 9.99. The van der Waals surface area contributed by atoms with Crippen molar-refractivity contribution in [2.45, 2.75) is 69.6 Å². The molecular formula is C30H30F3N7O3. The van der Waals surface area contributed by atoms with Gasteiger partial charge in [0, 0.05) is 36.8 Å². The van der Waals surface area contributed by atoms with Crippen LogP contribution in [0.3, 0.4) is 0 Å². The van der Waals surface area contributed by atoms with E-state index in [0.717, 1.165) is 47.8 Å². The molecule has 1 aromatic carbocycles. The Hall–Kier alpha value is -4.10. The Morgan fingerprint density at radius 2 is 1.88 bits per heavy atom. The van der Waals surface area contributed by atoms with E-state index < -0.39 is 29.9 Å². The number of amides is 1. The van der Waals surface area contributed by atoms with Crippen LogP contribution in [-0.2, 0) is 38.2 Å². The molecule has 13 heteroatoms. The van der Waals surface area contributed by atoms with Crippen molar-refractivity contribution in [3.8, 4) is 22.6 Å². The lowest BCUT2D eigenvalue weighted by Gasteiger charge is -2.18. The molecule has 1 amide bonds. The standard InChI is InChI=1S/C30H30F3N7O3/c1-38-15-34-37-28(38)20-12-35-39(2)27(20)18-10-23(17-6-7-17)36-26(11-18)40-13-21-19(29(40)42)8-16(9-22(21)30(31,32)33)14-43-25-5-3-4-24(25)41/h8-12,15,17,24-25,41H,3-7,13-14H2,1-2H3/t24-,25+/m1/s1. The zero-order valence-electron chi connectivity index (χ0n) is 23.7. The maximum Gasteiger partial charge on any atom is 0.416 e. The summed E-state index contributed by atoms with van der Waals surface area (Å²) < 4.78 is 52.2. The summed E-state index contributed by atoms with van der Waals surface area (Å²) in [6.45, 7) is -0.385. The van der Waals surface area contributed by atoms with E-state index in [9.17, 15) is 23.1 Å². The quantitative estimate of drug-likeness (QED) is 0.329. The third-order valence-electron chi connectivity index (χ3n) is 8.56. The lowest BCUT2D eigenvalue weighted by Crippen LogP contribution is -2.24. The minimum atomic E-state index is -4.67. The minimum Gasteiger partial charge on any atom is -0.390 e. The van der Waals surface area contributed by atoms with Gasteiger partial charge < -0.3 is 14.4 Å². The van der Waals surface area contributed by atoms with Gasteiger partial charge in [0.15, 0.2) is 5.82 Å². The van der Waals surface area contributed by atoms with Crippen LogP contribution in [0.25, 0.3) is 22.6 Å². The van der Waals surface area contributed by atoms with Crippen LogP contribution in [0.4, 0.5) is 19.0 Å². The molecule has 0 saturated heterocycles. The van der Waals surface area contributed by atoms with Crippen molar-refractivity contribution in [2.24, 2.45) is 14.1 Å². The van der Waals surface area contributed by atoms with Crippen LogP contribution in [0.5, 0.6) is 0 Å². The van der Waals surface area contributed by atoms with Crippen molar-refractivity contribution >= 4 is 11.7 Å².